The highest BCUT2D eigenvalue weighted by Crippen LogP contribution is 2.49. The van der Waals surface area contributed by atoms with Crippen LogP contribution in [0.1, 0.15) is 38.2 Å². The summed E-state index contributed by atoms with van der Waals surface area (Å²) in [6.45, 7) is 4.69. The van der Waals surface area contributed by atoms with Crippen molar-refractivity contribution in [1.82, 2.24) is 4.90 Å². The Morgan fingerprint density at radius 2 is 2.04 bits per heavy atom. The number of carbonyl (C=O) groups is 1. The van der Waals surface area contributed by atoms with Gasteiger partial charge in [-0.15, -0.1) is 12.4 Å². The Bertz CT molecular complexity index is 553. The third-order valence-electron chi connectivity index (χ3n) is 4.52. The zero-order valence-electron chi connectivity index (χ0n) is 13.8. The van der Waals surface area contributed by atoms with Gasteiger partial charge in [0.2, 0.25) is 5.91 Å². The van der Waals surface area contributed by atoms with Crippen LogP contribution in [0.25, 0.3) is 0 Å². The van der Waals surface area contributed by atoms with Crippen molar-refractivity contribution in [3.8, 4) is 0 Å². The number of halogens is 3. The number of rotatable bonds is 6. The van der Waals surface area contributed by atoms with Crippen molar-refractivity contribution in [3.63, 3.8) is 0 Å². The van der Waals surface area contributed by atoms with E-state index in [1.807, 2.05) is 0 Å². The molecule has 2 N–H and O–H groups in total. The zero-order chi connectivity index (χ0) is 16.4. The SMILES string of the molecule is CC(C)C(N)CCN(C)C(=O)C1CC1c1cccc(F)c1F.Cl. The third kappa shape index (κ3) is 4.64. The molecule has 3 unspecified atom stereocenters. The van der Waals surface area contributed by atoms with Crippen LogP contribution in [-0.2, 0) is 4.79 Å². The molecule has 1 saturated carbocycles. The fourth-order valence-corrected chi connectivity index (χ4v) is 2.69. The van der Waals surface area contributed by atoms with Crippen LogP contribution < -0.4 is 5.73 Å². The molecule has 0 spiro atoms. The van der Waals surface area contributed by atoms with Gasteiger partial charge < -0.3 is 10.6 Å². The van der Waals surface area contributed by atoms with Crippen molar-refractivity contribution in [2.75, 3.05) is 13.6 Å². The van der Waals surface area contributed by atoms with Gasteiger partial charge in [0.15, 0.2) is 11.6 Å². The summed E-state index contributed by atoms with van der Waals surface area (Å²) >= 11 is 0. The van der Waals surface area contributed by atoms with Gasteiger partial charge in [0.1, 0.15) is 0 Å². The van der Waals surface area contributed by atoms with Crippen LogP contribution in [0, 0.1) is 23.5 Å². The van der Waals surface area contributed by atoms with E-state index in [4.69, 9.17) is 5.73 Å². The molecule has 130 valence electrons. The summed E-state index contributed by atoms with van der Waals surface area (Å²) in [4.78, 5) is 14.0. The fourth-order valence-electron chi connectivity index (χ4n) is 2.69. The molecule has 23 heavy (non-hydrogen) atoms. The summed E-state index contributed by atoms with van der Waals surface area (Å²) < 4.78 is 27.0. The highest BCUT2D eigenvalue weighted by Gasteiger charge is 2.46. The van der Waals surface area contributed by atoms with Crippen molar-refractivity contribution in [2.24, 2.45) is 17.6 Å². The van der Waals surface area contributed by atoms with Crippen LogP contribution in [0.15, 0.2) is 18.2 Å². The van der Waals surface area contributed by atoms with Crippen molar-refractivity contribution >= 4 is 18.3 Å². The lowest BCUT2D eigenvalue weighted by atomic mass is 10.0. The molecule has 1 amide bonds. The van der Waals surface area contributed by atoms with Crippen LogP contribution >= 0.6 is 12.4 Å². The standard InChI is InChI=1S/C17H24F2N2O.ClH/c1-10(2)15(20)7-8-21(3)17(22)13-9-12(13)11-5-4-6-14(18)16(11)19;/h4-6,10,12-13,15H,7-9,20H2,1-3H3;1H. The first-order valence-corrected chi connectivity index (χ1v) is 7.77. The van der Waals surface area contributed by atoms with Crippen LogP contribution in [0.5, 0.6) is 0 Å². The van der Waals surface area contributed by atoms with E-state index in [-0.39, 0.29) is 36.2 Å². The summed E-state index contributed by atoms with van der Waals surface area (Å²) in [6, 6.07) is 4.20. The van der Waals surface area contributed by atoms with Crippen molar-refractivity contribution < 1.29 is 13.6 Å². The second-order valence-electron chi connectivity index (χ2n) is 6.55. The summed E-state index contributed by atoms with van der Waals surface area (Å²) in [5.41, 5.74) is 6.29. The lowest BCUT2D eigenvalue weighted by Crippen LogP contribution is -2.35. The average molecular weight is 347 g/mol. The molecule has 1 fully saturated rings. The summed E-state index contributed by atoms with van der Waals surface area (Å²) in [6.07, 6.45) is 1.32. The van der Waals surface area contributed by atoms with Crippen molar-refractivity contribution in [2.45, 2.75) is 38.6 Å². The summed E-state index contributed by atoms with van der Waals surface area (Å²) in [5, 5.41) is 0. The van der Waals surface area contributed by atoms with Crippen LogP contribution in [0.3, 0.4) is 0 Å². The number of nitrogens with two attached hydrogens (primary N) is 1. The molecule has 1 aromatic carbocycles. The molecular weight excluding hydrogens is 322 g/mol. The van der Waals surface area contributed by atoms with Crippen molar-refractivity contribution in [3.05, 3.63) is 35.4 Å². The predicted octanol–water partition coefficient (Wildman–Crippen LogP) is 3.32. The largest absolute Gasteiger partial charge is 0.345 e. The minimum absolute atomic E-state index is 0. The molecule has 0 heterocycles. The highest BCUT2D eigenvalue weighted by molar-refractivity contribution is 5.85. The Kier molecular flexibility index (Phi) is 6.96. The number of nitrogens with zero attached hydrogens (tertiary/aromatic N) is 1. The quantitative estimate of drug-likeness (QED) is 0.858. The van der Waals surface area contributed by atoms with E-state index in [0.29, 0.717) is 24.4 Å². The van der Waals surface area contributed by atoms with E-state index in [0.717, 1.165) is 12.5 Å². The monoisotopic (exact) mass is 346 g/mol. The summed E-state index contributed by atoms with van der Waals surface area (Å²) in [5.74, 6) is -1.76. The fraction of sp³-hybridized carbons (Fsp3) is 0.588. The van der Waals surface area contributed by atoms with E-state index in [9.17, 15) is 13.6 Å². The molecule has 3 nitrogen and oxygen atoms in total. The molecule has 2 rings (SSSR count). The predicted molar refractivity (Wildman–Crippen MR) is 89.5 cm³/mol. The lowest BCUT2D eigenvalue weighted by Gasteiger charge is -2.21. The molecule has 0 aliphatic heterocycles. The maximum absolute atomic E-state index is 13.8. The molecule has 0 saturated heterocycles. The van der Waals surface area contributed by atoms with Gasteiger partial charge in [0.25, 0.3) is 0 Å². The molecule has 6 heteroatoms. The zero-order valence-corrected chi connectivity index (χ0v) is 14.6. The van der Waals surface area contributed by atoms with Gasteiger partial charge >= 0.3 is 0 Å². The Morgan fingerprint density at radius 3 is 2.65 bits per heavy atom. The smallest absolute Gasteiger partial charge is 0.226 e. The topological polar surface area (TPSA) is 46.3 Å². The Balaban J connectivity index is 0.00000264. The molecular formula is C17H25ClF2N2O. The van der Waals surface area contributed by atoms with E-state index in [2.05, 4.69) is 13.8 Å². The first-order valence-electron chi connectivity index (χ1n) is 7.77. The second-order valence-corrected chi connectivity index (χ2v) is 6.55. The van der Waals surface area contributed by atoms with Gasteiger partial charge in [-0.2, -0.15) is 0 Å². The normalized spacial score (nSPS) is 20.8. The maximum atomic E-state index is 13.8. The van der Waals surface area contributed by atoms with E-state index >= 15 is 0 Å². The van der Waals surface area contributed by atoms with E-state index in [1.165, 1.54) is 6.07 Å². The number of benzene rings is 1. The lowest BCUT2D eigenvalue weighted by molar-refractivity contribution is -0.131. The van der Waals surface area contributed by atoms with Gasteiger partial charge in [0.05, 0.1) is 0 Å². The first-order chi connectivity index (χ1) is 10.3. The molecule has 0 bridgehead atoms. The minimum atomic E-state index is -0.855. The van der Waals surface area contributed by atoms with E-state index < -0.39 is 11.6 Å². The first kappa shape index (κ1) is 19.8. The van der Waals surface area contributed by atoms with Crippen LogP contribution in [0.4, 0.5) is 8.78 Å². The number of hydrogen-bond acceptors (Lipinski definition) is 2. The number of carbonyl (C=O) groups excluding carboxylic acids is 1. The van der Waals surface area contributed by atoms with Gasteiger partial charge in [-0.1, -0.05) is 26.0 Å². The Morgan fingerprint density at radius 1 is 1.39 bits per heavy atom. The highest BCUT2D eigenvalue weighted by atomic mass is 35.5. The summed E-state index contributed by atoms with van der Waals surface area (Å²) in [7, 11) is 1.74. The van der Waals surface area contributed by atoms with Gasteiger partial charge in [-0.25, -0.2) is 8.78 Å². The average Bonchev–Trinajstić information content (AvgIpc) is 3.26. The van der Waals surface area contributed by atoms with Gasteiger partial charge in [-0.05, 0) is 36.3 Å². The molecule has 0 aromatic heterocycles. The molecule has 0 radical (unpaired) electrons. The Hall–Kier alpha value is -1.20. The van der Waals surface area contributed by atoms with Crippen LogP contribution in [0.2, 0.25) is 0 Å². The Labute approximate surface area is 142 Å². The van der Waals surface area contributed by atoms with Crippen molar-refractivity contribution in [1.29, 1.82) is 0 Å². The van der Waals surface area contributed by atoms with Gasteiger partial charge in [0, 0.05) is 25.6 Å². The van der Waals surface area contributed by atoms with E-state index in [1.54, 1.807) is 18.0 Å². The number of hydrogen-bond donors (Lipinski definition) is 1. The molecule has 1 aliphatic rings. The molecule has 3 atom stereocenters. The molecule has 1 aromatic rings. The molecule has 1 aliphatic carbocycles. The maximum Gasteiger partial charge on any atom is 0.226 e. The van der Waals surface area contributed by atoms with Crippen LogP contribution in [-0.4, -0.2) is 30.4 Å². The van der Waals surface area contributed by atoms with Gasteiger partial charge in [-0.3, -0.25) is 4.79 Å². The second kappa shape index (κ2) is 8.06. The minimum Gasteiger partial charge on any atom is -0.345 e. The third-order valence-corrected chi connectivity index (χ3v) is 4.52. The number of amides is 1.